The average Bonchev–Trinajstić information content (AvgIpc) is 0.767. The fourth-order valence-electron chi connectivity index (χ4n) is 9.52. The molecule has 3 fully saturated rings. The number of aromatic hydroxyl groups is 9. The Morgan fingerprint density at radius 2 is 1.10 bits per heavy atom. The summed E-state index contributed by atoms with van der Waals surface area (Å²) < 4.78 is 60.2. The van der Waals surface area contributed by atoms with Crippen LogP contribution in [0.25, 0.3) is 18.2 Å². The van der Waals surface area contributed by atoms with Crippen LogP contribution < -0.4 is 4.74 Å². The summed E-state index contributed by atoms with van der Waals surface area (Å²) >= 11 is 0. The number of fused-ring (bicyclic) bond motifs is 1. The Bertz CT molecular complexity index is 3530. The molecule has 18 atom stereocenters. The maximum atomic E-state index is 13.3. The van der Waals surface area contributed by atoms with Gasteiger partial charge in [-0.25, -0.2) is 19.2 Å². The van der Waals surface area contributed by atoms with E-state index in [1.165, 1.54) is 18.2 Å². The Kier molecular flexibility index (Phi) is 22.3. The van der Waals surface area contributed by atoms with E-state index in [9.17, 15) is 121 Å². The second kappa shape index (κ2) is 29.9. The molecule has 4 aliphatic rings. The van der Waals surface area contributed by atoms with E-state index in [1.54, 1.807) is 0 Å². The first-order chi connectivity index (χ1) is 44.4. The Hall–Kier alpha value is -9.80. The van der Waals surface area contributed by atoms with Crippen LogP contribution in [0.3, 0.4) is 0 Å². The van der Waals surface area contributed by atoms with Gasteiger partial charge >= 0.3 is 35.8 Å². The number of aliphatic hydroxyl groups excluding tert-OH is 9. The number of aliphatic carboxylic acids is 2. The fourth-order valence-corrected chi connectivity index (χ4v) is 9.52. The first-order valence-corrected chi connectivity index (χ1v) is 27.6. The fraction of sp³-hybridized carbons (Fsp3) is 0.379. The zero-order valence-corrected chi connectivity index (χ0v) is 47.9. The first kappa shape index (κ1) is 70.1. The van der Waals surface area contributed by atoms with E-state index in [-0.39, 0.29) is 28.0 Å². The van der Waals surface area contributed by atoms with E-state index in [0.29, 0.717) is 0 Å². The van der Waals surface area contributed by atoms with Gasteiger partial charge in [-0.1, -0.05) is 12.1 Å². The van der Waals surface area contributed by atoms with Crippen LogP contribution >= 0.6 is 0 Å². The second-order valence-electron chi connectivity index (χ2n) is 21.0. The summed E-state index contributed by atoms with van der Waals surface area (Å²) in [6, 6.07) is 10.7. The highest BCUT2D eigenvalue weighted by Gasteiger charge is 2.54. The molecule has 0 amide bonds. The van der Waals surface area contributed by atoms with E-state index < -0.39 is 230 Å². The third-order valence-corrected chi connectivity index (χ3v) is 14.5. The molecule has 0 spiro atoms. The molecule has 8 rings (SSSR count). The standard InChI is InChI=1S/C58H60O36/c59-17-34-42(72)46(76)52(92-38(68)8-4-21-2-6-26(61)29(64)10-21)58(89-34)94-53-47(77)44(74)36(19-85-39(69)16-40(70)93-51(55(82)83)49(79)54(80)81)91-57(53)88-33-15-24-27(62)13-23(14-32(24)87-50(33)22-11-30(65)41(71)31(66)12-22)86-56-48(78)45(75)43(73)35(90-56)18-84-37(67)7-3-20-1-5-25(60)28(63)9-20/h1-15,34-36,42-53,56-66,71-79H,16-19H2,(H,80,81)(H,82,83)/p+1. The summed E-state index contributed by atoms with van der Waals surface area (Å²) in [7, 11) is 0. The van der Waals surface area contributed by atoms with Gasteiger partial charge in [-0.2, -0.15) is 0 Å². The monoisotopic (exact) mass is 1330 g/mol. The van der Waals surface area contributed by atoms with E-state index in [4.69, 9.17) is 47.7 Å². The first-order valence-electron chi connectivity index (χ1n) is 27.6. The lowest BCUT2D eigenvalue weighted by Crippen LogP contribution is -2.65. The molecular weight excluding hydrogens is 1270 g/mol. The minimum absolute atomic E-state index is 0.121. The minimum atomic E-state index is -2.80. The minimum Gasteiger partial charge on any atom is -0.571 e. The van der Waals surface area contributed by atoms with E-state index in [0.717, 1.165) is 72.8 Å². The van der Waals surface area contributed by atoms with Crippen molar-refractivity contribution in [3.8, 4) is 57.5 Å². The Labute approximate surface area is 525 Å². The van der Waals surface area contributed by atoms with Gasteiger partial charge in [-0.15, -0.1) is 0 Å². The Morgan fingerprint density at radius 1 is 0.543 bits per heavy atom. The smallest absolute Gasteiger partial charge is 0.348 e. The molecule has 508 valence electrons. The average molecular weight is 1330 g/mol. The van der Waals surface area contributed by atoms with E-state index >= 15 is 0 Å². The molecule has 0 bridgehead atoms. The van der Waals surface area contributed by atoms with Gasteiger partial charge in [0.25, 0.3) is 11.9 Å². The molecule has 0 radical (unpaired) electrons. The lowest BCUT2D eigenvalue weighted by Gasteiger charge is -2.46. The van der Waals surface area contributed by atoms with E-state index in [2.05, 4.69) is 9.47 Å². The maximum Gasteiger partial charge on any atom is 0.348 e. The van der Waals surface area contributed by atoms with Crippen molar-refractivity contribution >= 4 is 54.0 Å². The Morgan fingerprint density at radius 3 is 1.68 bits per heavy atom. The number of carbonyl (C=O) groups excluding carboxylic acids is 4. The third-order valence-electron chi connectivity index (χ3n) is 14.5. The predicted molar refractivity (Wildman–Crippen MR) is 299 cm³/mol. The summed E-state index contributed by atoms with van der Waals surface area (Å²) in [5, 5.41) is 199. The van der Waals surface area contributed by atoms with Crippen LogP contribution in [0.5, 0.6) is 57.5 Å². The van der Waals surface area contributed by atoms with Gasteiger partial charge in [0.2, 0.25) is 18.7 Å². The number of hydrogen-bond acceptors (Lipinski definition) is 33. The normalized spacial score (nSPS) is 28.2. The van der Waals surface area contributed by atoms with Crippen molar-refractivity contribution in [1.29, 1.82) is 0 Å². The van der Waals surface area contributed by atoms with Crippen molar-refractivity contribution < 1.29 is 178 Å². The molecule has 18 unspecified atom stereocenters. The molecule has 36 nitrogen and oxygen atoms in total. The van der Waals surface area contributed by atoms with Gasteiger partial charge in [0.15, 0.2) is 70.6 Å². The maximum absolute atomic E-state index is 13.3. The highest BCUT2D eigenvalue weighted by atomic mass is 16.8. The van der Waals surface area contributed by atoms with Crippen molar-refractivity contribution in [3.63, 3.8) is 0 Å². The van der Waals surface area contributed by atoms with Crippen molar-refractivity contribution in [3.05, 3.63) is 101 Å². The van der Waals surface area contributed by atoms with Crippen molar-refractivity contribution in [2.75, 3.05) is 19.8 Å². The molecule has 94 heavy (non-hydrogen) atoms. The molecule has 0 saturated carbocycles. The van der Waals surface area contributed by atoms with Crippen molar-refractivity contribution in [2.24, 2.45) is 0 Å². The Balaban J connectivity index is 1.11. The lowest BCUT2D eigenvalue weighted by atomic mass is 9.96. The number of carbonyl (C=O) groups is 6. The summed E-state index contributed by atoms with van der Waals surface area (Å²) in [5.74, 6) is -17.0. The number of aliphatic hydroxyl groups is 10. The van der Waals surface area contributed by atoms with Crippen LogP contribution in [0.15, 0.2) is 78.6 Å². The van der Waals surface area contributed by atoms with Crippen molar-refractivity contribution in [1.82, 2.24) is 0 Å². The SMILES string of the molecule is O=C(C=Cc1ccc(O)c(O)c1)OCC1OC(Oc2cc(O)c3c(c2)[OH+]C(c2cc(O)c(O)c(O)c2)C(OC2OC(COC(=O)CC(=O)OC(C(=O)O)C(O)C(=O)O)C(O)C(O)C2OC2OC(CO)C(O)C(O)C2OC(=O)C=Cc2ccc(O)c(O)c2)=C3)C(O)C(O)C1O. The molecule has 0 aromatic heterocycles. The zero-order valence-electron chi connectivity index (χ0n) is 47.9. The van der Waals surface area contributed by atoms with Crippen molar-refractivity contribution in [2.45, 2.75) is 117 Å². The summed E-state index contributed by atoms with van der Waals surface area (Å²) in [6.45, 7) is -3.02. The predicted octanol–water partition coefficient (Wildman–Crippen LogP) is -3.60. The van der Waals surface area contributed by atoms with E-state index in [1.807, 2.05) is 0 Å². The number of hydrogen-bond donors (Lipinski definition) is 19. The highest BCUT2D eigenvalue weighted by Crippen LogP contribution is 2.49. The molecule has 20 N–H and O–H groups in total. The number of esters is 4. The van der Waals surface area contributed by atoms with Crippen LogP contribution in [0, 0.1) is 0 Å². The highest BCUT2D eigenvalue weighted by molar-refractivity contribution is 5.93. The molecule has 0 aliphatic carbocycles. The molecule has 36 heteroatoms. The van der Waals surface area contributed by atoms with Gasteiger partial charge in [0.1, 0.15) is 97.7 Å². The number of carboxylic acid groups (broad SMARTS) is 2. The second-order valence-corrected chi connectivity index (χ2v) is 21.0. The van der Waals surface area contributed by atoms with Crippen LogP contribution in [0.1, 0.15) is 34.8 Å². The van der Waals surface area contributed by atoms with Crippen LogP contribution in [-0.2, 0) is 71.4 Å². The van der Waals surface area contributed by atoms with Crippen LogP contribution in [0.2, 0.25) is 0 Å². The third kappa shape index (κ3) is 16.3. The van der Waals surface area contributed by atoms with Crippen LogP contribution in [-0.4, -0.2) is 262 Å². The molecule has 4 aromatic rings. The summed E-state index contributed by atoms with van der Waals surface area (Å²) in [4.78, 5) is 74.2. The molecule has 4 aliphatic heterocycles. The van der Waals surface area contributed by atoms with Gasteiger partial charge < -0.3 is 149 Å². The number of rotatable bonds is 23. The number of ether oxygens (including phenoxy) is 11. The number of phenolic OH excluding ortho intramolecular Hbond substituents is 8. The number of carboxylic acids is 2. The zero-order chi connectivity index (χ0) is 68.7. The van der Waals surface area contributed by atoms with Crippen LogP contribution in [0.4, 0.5) is 0 Å². The largest absolute Gasteiger partial charge is 0.571 e. The van der Waals surface area contributed by atoms with Gasteiger partial charge in [-0.3, -0.25) is 9.59 Å². The number of phenols is 8. The quantitative estimate of drug-likeness (QED) is 0.00852. The lowest BCUT2D eigenvalue weighted by molar-refractivity contribution is -0.364. The number of benzene rings is 4. The molecule has 4 heterocycles. The van der Waals surface area contributed by atoms with Gasteiger partial charge in [0, 0.05) is 24.3 Å². The van der Waals surface area contributed by atoms with Gasteiger partial charge in [0.05, 0.1) is 18.2 Å². The molecule has 3 saturated heterocycles. The topological polar surface area (TPSA) is 592 Å². The molecular formula is C58H61O36+. The van der Waals surface area contributed by atoms with Gasteiger partial charge in [-0.05, 0) is 59.7 Å². The molecule has 4 aromatic carbocycles. The summed E-state index contributed by atoms with van der Waals surface area (Å²) in [6.07, 6.45) is -35.1. The summed E-state index contributed by atoms with van der Waals surface area (Å²) in [5.41, 5.74) is -0.211.